The number of rotatable bonds is 2. The van der Waals surface area contributed by atoms with Crippen LogP contribution in [0, 0.1) is 0 Å². The quantitative estimate of drug-likeness (QED) is 0.708. The maximum absolute atomic E-state index is 11.4. The second kappa shape index (κ2) is 4.23. The van der Waals surface area contributed by atoms with Gasteiger partial charge in [-0.05, 0) is 24.3 Å². The van der Waals surface area contributed by atoms with Crippen LogP contribution in [-0.4, -0.2) is 16.6 Å². The molecule has 0 unspecified atom stereocenters. The molecule has 0 atom stereocenters. The summed E-state index contributed by atoms with van der Waals surface area (Å²) in [4.78, 5) is 26.9. The Bertz CT molecular complexity index is 463. The molecule has 0 fully saturated rings. The molecule has 74 valence electrons. The molecule has 1 aromatic heterocycles. The van der Waals surface area contributed by atoms with Crippen LogP contribution in [0.1, 0.15) is 0 Å². The fraction of sp³-hybridized carbons (Fsp3) is 0. The number of aromatic nitrogens is 1. The molecule has 0 spiro atoms. The molecule has 0 radical (unpaired) electrons. The molecule has 0 saturated heterocycles. The van der Waals surface area contributed by atoms with Crippen LogP contribution in [0.5, 0.6) is 0 Å². The van der Waals surface area contributed by atoms with Crippen molar-refractivity contribution in [2.45, 2.75) is 5.03 Å². The Hall–Kier alpha value is -1.68. The van der Waals surface area contributed by atoms with Crippen molar-refractivity contribution in [1.29, 1.82) is 0 Å². The minimum Gasteiger partial charge on any atom is -0.290 e. The Morgan fingerprint density at radius 3 is 2.73 bits per heavy atom. The summed E-state index contributed by atoms with van der Waals surface area (Å²) in [6.45, 7) is 0. The van der Waals surface area contributed by atoms with Crippen molar-refractivity contribution in [2.75, 3.05) is 0 Å². The Kier molecular flexibility index (Phi) is 2.78. The van der Waals surface area contributed by atoms with E-state index in [4.69, 9.17) is 0 Å². The second-order valence-corrected chi connectivity index (χ2v) is 3.94. The fourth-order valence-electron chi connectivity index (χ4n) is 1.09. The van der Waals surface area contributed by atoms with Crippen molar-refractivity contribution in [3.63, 3.8) is 0 Å². The van der Waals surface area contributed by atoms with Crippen molar-refractivity contribution < 1.29 is 9.59 Å². The first-order chi connectivity index (χ1) is 7.25. The molecule has 2 rings (SSSR count). The van der Waals surface area contributed by atoms with Gasteiger partial charge in [-0.25, -0.2) is 4.98 Å². The highest BCUT2D eigenvalue weighted by Crippen LogP contribution is 2.26. The van der Waals surface area contributed by atoms with Crippen LogP contribution in [-0.2, 0) is 9.59 Å². The van der Waals surface area contributed by atoms with E-state index >= 15 is 0 Å². The van der Waals surface area contributed by atoms with E-state index < -0.39 is 0 Å². The van der Waals surface area contributed by atoms with E-state index in [1.807, 2.05) is 6.07 Å². The summed E-state index contributed by atoms with van der Waals surface area (Å²) in [5.74, 6) is -0.307. The van der Waals surface area contributed by atoms with Gasteiger partial charge in [0.1, 0.15) is 5.03 Å². The minimum atomic E-state index is -0.159. The van der Waals surface area contributed by atoms with Gasteiger partial charge in [-0.15, -0.1) is 0 Å². The highest BCUT2D eigenvalue weighted by molar-refractivity contribution is 8.04. The largest absolute Gasteiger partial charge is 0.290 e. The molecular weight excluding hydrogens is 210 g/mol. The number of ketones is 2. The highest BCUT2D eigenvalue weighted by atomic mass is 32.2. The minimum absolute atomic E-state index is 0.148. The van der Waals surface area contributed by atoms with Crippen LogP contribution in [0.3, 0.4) is 0 Å². The molecule has 1 aliphatic carbocycles. The van der Waals surface area contributed by atoms with Crippen LogP contribution < -0.4 is 0 Å². The monoisotopic (exact) mass is 217 g/mol. The summed E-state index contributed by atoms with van der Waals surface area (Å²) in [6, 6.07) is 5.43. The van der Waals surface area contributed by atoms with Crippen LogP contribution in [0.15, 0.2) is 52.6 Å². The number of nitrogens with zero attached hydrogens (tertiary/aromatic N) is 1. The average Bonchev–Trinajstić information content (AvgIpc) is 2.25. The zero-order chi connectivity index (χ0) is 10.7. The third kappa shape index (κ3) is 2.41. The molecule has 0 aromatic carbocycles. The standard InChI is InChI=1S/C11H7NO2S/c13-8-4-5-9(14)10(7-8)15-11-3-1-2-6-12-11/h1-7H. The normalized spacial score (nSPS) is 15.3. The van der Waals surface area contributed by atoms with Gasteiger partial charge in [-0.1, -0.05) is 17.8 Å². The maximum Gasteiger partial charge on any atom is 0.192 e. The van der Waals surface area contributed by atoms with E-state index in [2.05, 4.69) is 4.98 Å². The zero-order valence-electron chi connectivity index (χ0n) is 7.71. The summed E-state index contributed by atoms with van der Waals surface area (Å²) in [5, 5.41) is 0.709. The number of thioether (sulfide) groups is 1. The van der Waals surface area contributed by atoms with Crippen LogP contribution >= 0.6 is 11.8 Å². The summed E-state index contributed by atoms with van der Waals surface area (Å²) >= 11 is 1.20. The fourth-order valence-corrected chi connectivity index (χ4v) is 1.92. The lowest BCUT2D eigenvalue weighted by Crippen LogP contribution is -2.04. The van der Waals surface area contributed by atoms with E-state index in [-0.39, 0.29) is 11.6 Å². The first-order valence-corrected chi connectivity index (χ1v) is 5.14. The molecule has 4 heteroatoms. The molecule has 1 aliphatic rings. The molecular formula is C11H7NO2S. The predicted molar refractivity (Wildman–Crippen MR) is 57.3 cm³/mol. The smallest absolute Gasteiger partial charge is 0.192 e. The summed E-state index contributed by atoms with van der Waals surface area (Å²) in [5.41, 5.74) is 0. The van der Waals surface area contributed by atoms with Gasteiger partial charge in [0.15, 0.2) is 11.6 Å². The molecule has 1 aromatic rings. The van der Waals surface area contributed by atoms with E-state index in [1.54, 1.807) is 18.3 Å². The molecule has 0 saturated carbocycles. The van der Waals surface area contributed by atoms with Crippen LogP contribution in [0.4, 0.5) is 0 Å². The number of carbonyl (C=O) groups excluding carboxylic acids is 2. The summed E-state index contributed by atoms with van der Waals surface area (Å²) in [6.07, 6.45) is 5.54. The molecule has 0 amide bonds. The Labute approximate surface area is 90.9 Å². The molecule has 0 aliphatic heterocycles. The van der Waals surface area contributed by atoms with E-state index in [9.17, 15) is 9.59 Å². The third-order valence-electron chi connectivity index (χ3n) is 1.77. The molecule has 3 nitrogen and oxygen atoms in total. The number of carbonyl (C=O) groups is 2. The van der Waals surface area contributed by atoms with Gasteiger partial charge < -0.3 is 0 Å². The van der Waals surface area contributed by atoms with Crippen LogP contribution in [0.2, 0.25) is 0 Å². The van der Waals surface area contributed by atoms with Gasteiger partial charge in [0.05, 0.1) is 4.91 Å². The zero-order valence-corrected chi connectivity index (χ0v) is 8.53. The first kappa shape index (κ1) is 9.86. The van der Waals surface area contributed by atoms with Gasteiger partial charge in [0.2, 0.25) is 0 Å². The Morgan fingerprint density at radius 1 is 1.13 bits per heavy atom. The number of pyridine rings is 1. The van der Waals surface area contributed by atoms with Gasteiger partial charge >= 0.3 is 0 Å². The molecule has 15 heavy (non-hydrogen) atoms. The lowest BCUT2D eigenvalue weighted by molar-refractivity contribution is -0.114. The Balaban J connectivity index is 2.19. The number of hydrogen-bond donors (Lipinski definition) is 0. The SMILES string of the molecule is O=C1C=CC(=O)C(Sc2ccccn2)=C1. The number of allylic oxidation sites excluding steroid dienone is 4. The third-order valence-corrected chi connectivity index (χ3v) is 2.76. The Morgan fingerprint density at radius 2 is 2.00 bits per heavy atom. The van der Waals surface area contributed by atoms with Crippen LogP contribution in [0.25, 0.3) is 0 Å². The van der Waals surface area contributed by atoms with E-state index in [0.29, 0.717) is 9.93 Å². The topological polar surface area (TPSA) is 47.0 Å². The summed E-state index contributed by atoms with van der Waals surface area (Å²) in [7, 11) is 0. The van der Waals surface area contributed by atoms with Crippen molar-refractivity contribution in [3.8, 4) is 0 Å². The van der Waals surface area contributed by atoms with Crippen molar-refractivity contribution in [1.82, 2.24) is 4.98 Å². The highest BCUT2D eigenvalue weighted by Gasteiger charge is 2.14. The first-order valence-electron chi connectivity index (χ1n) is 4.33. The number of hydrogen-bond acceptors (Lipinski definition) is 4. The van der Waals surface area contributed by atoms with Gasteiger partial charge in [0, 0.05) is 12.3 Å². The predicted octanol–water partition coefficient (Wildman–Crippen LogP) is 1.77. The lowest BCUT2D eigenvalue weighted by atomic mass is 10.2. The van der Waals surface area contributed by atoms with Crippen molar-refractivity contribution >= 4 is 23.3 Å². The lowest BCUT2D eigenvalue weighted by Gasteiger charge is -2.04. The average molecular weight is 217 g/mol. The van der Waals surface area contributed by atoms with Crippen molar-refractivity contribution in [2.24, 2.45) is 0 Å². The van der Waals surface area contributed by atoms with Gasteiger partial charge in [0.25, 0.3) is 0 Å². The molecule has 0 bridgehead atoms. The maximum atomic E-state index is 11.4. The van der Waals surface area contributed by atoms with Gasteiger partial charge in [-0.2, -0.15) is 0 Å². The van der Waals surface area contributed by atoms with Crippen molar-refractivity contribution in [3.05, 3.63) is 47.5 Å². The van der Waals surface area contributed by atoms with E-state index in [0.717, 1.165) is 0 Å². The molecule has 1 heterocycles. The summed E-state index contributed by atoms with van der Waals surface area (Å²) < 4.78 is 0. The molecule has 0 N–H and O–H groups in total. The van der Waals surface area contributed by atoms with Gasteiger partial charge in [-0.3, -0.25) is 9.59 Å². The van der Waals surface area contributed by atoms with E-state index in [1.165, 1.54) is 30.0 Å². The second-order valence-electron chi connectivity index (χ2n) is 2.88.